The number of hydrogen-bond donors (Lipinski definition) is 1. The first-order chi connectivity index (χ1) is 14.8. The molecule has 0 fully saturated rings. The van der Waals surface area contributed by atoms with E-state index in [4.69, 9.17) is 11.6 Å². The predicted molar refractivity (Wildman–Crippen MR) is 128 cm³/mol. The normalized spacial score (nSPS) is 11.2. The molecule has 0 aliphatic heterocycles. The fourth-order valence-corrected chi connectivity index (χ4v) is 4.68. The Labute approximate surface area is 192 Å². The molecule has 5 nitrogen and oxygen atoms in total. The average Bonchev–Trinajstić information content (AvgIpc) is 2.76. The lowest BCUT2D eigenvalue weighted by Crippen LogP contribution is -2.29. The van der Waals surface area contributed by atoms with Crippen molar-refractivity contribution in [2.75, 3.05) is 22.9 Å². The van der Waals surface area contributed by atoms with Gasteiger partial charge >= 0.3 is 0 Å². The Hall–Kier alpha value is -2.48. The number of nitrogens with zero attached hydrogens (tertiary/aromatic N) is 1. The van der Waals surface area contributed by atoms with Gasteiger partial charge < -0.3 is 5.32 Å². The summed E-state index contributed by atoms with van der Waals surface area (Å²) in [5.41, 5.74) is 1.88. The summed E-state index contributed by atoms with van der Waals surface area (Å²) in [6, 6.07) is 23.5. The summed E-state index contributed by atoms with van der Waals surface area (Å²) in [5.74, 6) is 0.530. The van der Waals surface area contributed by atoms with E-state index >= 15 is 0 Å². The lowest BCUT2D eigenvalue weighted by atomic mass is 10.2. The van der Waals surface area contributed by atoms with Gasteiger partial charge in [0.15, 0.2) is 0 Å². The number of sulfonamides is 1. The quantitative estimate of drug-likeness (QED) is 0.356. The molecule has 1 amide bonds. The molecule has 3 aromatic carbocycles. The molecule has 3 rings (SSSR count). The molecule has 1 N–H and O–H groups in total. The van der Waals surface area contributed by atoms with Crippen molar-refractivity contribution in [3.05, 3.63) is 95.0 Å². The summed E-state index contributed by atoms with van der Waals surface area (Å²) in [5, 5.41) is 3.58. The third kappa shape index (κ3) is 7.02. The lowest BCUT2D eigenvalue weighted by molar-refractivity contribution is 0.0956. The topological polar surface area (TPSA) is 66.5 Å². The largest absolute Gasteiger partial charge is 0.351 e. The first-order valence-corrected chi connectivity index (χ1v) is 12.8. The molecule has 0 radical (unpaired) electrons. The smallest absolute Gasteiger partial charge is 0.251 e. The molecule has 0 unspecified atom stereocenters. The van der Waals surface area contributed by atoms with Crippen LogP contribution in [0.5, 0.6) is 0 Å². The van der Waals surface area contributed by atoms with Crippen molar-refractivity contribution < 1.29 is 13.2 Å². The van der Waals surface area contributed by atoms with Gasteiger partial charge in [0, 0.05) is 27.8 Å². The minimum absolute atomic E-state index is 0.197. The van der Waals surface area contributed by atoms with E-state index in [1.165, 1.54) is 10.6 Å². The zero-order valence-corrected chi connectivity index (χ0v) is 19.4. The number of nitrogens with one attached hydrogen (secondary N) is 1. The summed E-state index contributed by atoms with van der Waals surface area (Å²) >= 11 is 7.51. The molecule has 3 aromatic rings. The van der Waals surface area contributed by atoms with E-state index in [1.807, 2.05) is 54.6 Å². The SMILES string of the molecule is CS(=O)(=O)N(Cc1ccccc1)c1ccc(C(=O)NCCSc2ccc(Cl)cc2)cc1. The van der Waals surface area contributed by atoms with Gasteiger partial charge in [-0.2, -0.15) is 0 Å². The van der Waals surface area contributed by atoms with E-state index in [1.54, 1.807) is 36.0 Å². The van der Waals surface area contributed by atoms with Crippen LogP contribution in [-0.2, 0) is 16.6 Å². The van der Waals surface area contributed by atoms with E-state index in [-0.39, 0.29) is 12.5 Å². The lowest BCUT2D eigenvalue weighted by Gasteiger charge is -2.22. The fourth-order valence-electron chi connectivity index (χ4n) is 2.89. The first kappa shape index (κ1) is 23.2. The second-order valence-corrected chi connectivity index (χ2v) is 10.4. The molecule has 0 saturated heterocycles. The van der Waals surface area contributed by atoms with Crippen LogP contribution in [0, 0.1) is 0 Å². The Morgan fingerprint density at radius 3 is 2.23 bits per heavy atom. The fraction of sp³-hybridized carbons (Fsp3) is 0.174. The highest BCUT2D eigenvalue weighted by molar-refractivity contribution is 7.99. The molecule has 31 heavy (non-hydrogen) atoms. The highest BCUT2D eigenvalue weighted by Crippen LogP contribution is 2.22. The van der Waals surface area contributed by atoms with Gasteiger partial charge in [0.2, 0.25) is 10.0 Å². The van der Waals surface area contributed by atoms with Crippen molar-refractivity contribution in [1.82, 2.24) is 5.32 Å². The van der Waals surface area contributed by atoms with Crippen molar-refractivity contribution in [1.29, 1.82) is 0 Å². The number of benzene rings is 3. The van der Waals surface area contributed by atoms with Crippen molar-refractivity contribution in [3.63, 3.8) is 0 Å². The number of rotatable bonds is 9. The molecule has 0 heterocycles. The number of halogens is 1. The molecule has 0 aliphatic carbocycles. The minimum atomic E-state index is -3.47. The molecular formula is C23H23ClN2O3S2. The zero-order chi connectivity index (χ0) is 22.3. The second kappa shape index (κ2) is 10.7. The first-order valence-electron chi connectivity index (χ1n) is 9.61. The van der Waals surface area contributed by atoms with Crippen LogP contribution in [0.1, 0.15) is 15.9 Å². The molecule has 0 saturated carbocycles. The number of amides is 1. The Bertz CT molecular complexity index is 1100. The minimum Gasteiger partial charge on any atom is -0.351 e. The van der Waals surface area contributed by atoms with Gasteiger partial charge in [0.05, 0.1) is 18.5 Å². The monoisotopic (exact) mass is 474 g/mol. The molecule has 0 bridgehead atoms. The van der Waals surface area contributed by atoms with Gasteiger partial charge in [-0.25, -0.2) is 8.42 Å². The van der Waals surface area contributed by atoms with Gasteiger partial charge in [-0.15, -0.1) is 11.8 Å². The van der Waals surface area contributed by atoms with Crippen molar-refractivity contribution in [2.45, 2.75) is 11.4 Å². The van der Waals surface area contributed by atoms with Gasteiger partial charge in [-0.05, 0) is 54.1 Å². The zero-order valence-electron chi connectivity index (χ0n) is 17.0. The second-order valence-electron chi connectivity index (χ2n) is 6.86. The number of thioether (sulfide) groups is 1. The summed E-state index contributed by atoms with van der Waals surface area (Å²) in [6.07, 6.45) is 1.18. The molecule has 8 heteroatoms. The maximum Gasteiger partial charge on any atom is 0.251 e. The number of anilines is 1. The highest BCUT2D eigenvalue weighted by Gasteiger charge is 2.18. The van der Waals surface area contributed by atoms with Crippen LogP contribution in [0.15, 0.2) is 83.8 Å². The summed E-state index contributed by atoms with van der Waals surface area (Å²) in [6.45, 7) is 0.741. The Balaban J connectivity index is 1.58. The standard InChI is InChI=1S/C23H23ClN2O3S2/c1-31(28,29)26(17-18-5-3-2-4-6-18)21-11-7-19(8-12-21)23(27)25-15-16-30-22-13-9-20(24)10-14-22/h2-14H,15-17H2,1H3,(H,25,27). The molecule has 0 atom stereocenters. The summed E-state index contributed by atoms with van der Waals surface area (Å²) < 4.78 is 25.9. The number of carbonyl (C=O) groups excluding carboxylic acids is 1. The number of carbonyl (C=O) groups is 1. The number of hydrogen-bond acceptors (Lipinski definition) is 4. The molecular weight excluding hydrogens is 452 g/mol. The van der Waals surface area contributed by atoms with Crippen LogP contribution >= 0.6 is 23.4 Å². The third-order valence-corrected chi connectivity index (χ3v) is 6.86. The van der Waals surface area contributed by atoms with Crippen LogP contribution < -0.4 is 9.62 Å². The Morgan fingerprint density at radius 2 is 1.61 bits per heavy atom. The van der Waals surface area contributed by atoms with Crippen LogP contribution in [0.2, 0.25) is 5.02 Å². The van der Waals surface area contributed by atoms with Crippen LogP contribution in [0.4, 0.5) is 5.69 Å². The Morgan fingerprint density at radius 1 is 0.968 bits per heavy atom. The predicted octanol–water partition coefficient (Wildman–Crippen LogP) is 4.83. The Kier molecular flexibility index (Phi) is 8.01. The van der Waals surface area contributed by atoms with E-state index in [9.17, 15) is 13.2 Å². The average molecular weight is 475 g/mol. The maximum absolute atomic E-state index is 12.4. The molecule has 0 spiro atoms. The molecule has 0 aliphatic rings. The van der Waals surface area contributed by atoms with Crippen molar-refractivity contribution in [3.8, 4) is 0 Å². The van der Waals surface area contributed by atoms with E-state index in [0.717, 1.165) is 16.2 Å². The van der Waals surface area contributed by atoms with Crippen LogP contribution in [0.3, 0.4) is 0 Å². The van der Waals surface area contributed by atoms with Crippen LogP contribution in [-0.4, -0.2) is 32.9 Å². The maximum atomic E-state index is 12.4. The van der Waals surface area contributed by atoms with Gasteiger partial charge in [-0.3, -0.25) is 9.10 Å². The summed E-state index contributed by atoms with van der Waals surface area (Å²) in [4.78, 5) is 13.5. The third-order valence-electron chi connectivity index (χ3n) is 4.46. The van der Waals surface area contributed by atoms with E-state index in [2.05, 4.69) is 5.32 Å². The van der Waals surface area contributed by atoms with Gasteiger partial charge in [0.25, 0.3) is 5.91 Å². The molecule has 162 valence electrons. The van der Waals surface area contributed by atoms with Crippen LogP contribution in [0.25, 0.3) is 0 Å². The van der Waals surface area contributed by atoms with E-state index in [0.29, 0.717) is 22.8 Å². The van der Waals surface area contributed by atoms with Crippen molar-refractivity contribution >= 4 is 45.0 Å². The highest BCUT2D eigenvalue weighted by atomic mass is 35.5. The van der Waals surface area contributed by atoms with Gasteiger partial charge in [0.1, 0.15) is 0 Å². The van der Waals surface area contributed by atoms with Gasteiger partial charge in [-0.1, -0.05) is 41.9 Å². The molecule has 0 aromatic heterocycles. The summed E-state index contributed by atoms with van der Waals surface area (Å²) in [7, 11) is -3.47. The van der Waals surface area contributed by atoms with E-state index < -0.39 is 10.0 Å². The van der Waals surface area contributed by atoms with Crippen molar-refractivity contribution in [2.24, 2.45) is 0 Å².